The molecule has 2 heterocycles. The Hall–Kier alpha value is -1.64. The second kappa shape index (κ2) is 2.54. The molecule has 0 unspecified atom stereocenters. The van der Waals surface area contributed by atoms with Crippen molar-refractivity contribution in [1.29, 1.82) is 0 Å². The Bertz CT molecular complexity index is 312. The summed E-state index contributed by atoms with van der Waals surface area (Å²) >= 11 is 0. The molecule has 3 heteroatoms. The molecule has 2 aromatic rings. The van der Waals surface area contributed by atoms with Gasteiger partial charge in [-0.1, -0.05) is 6.07 Å². The summed E-state index contributed by atoms with van der Waals surface area (Å²) in [5, 5.41) is 0. The van der Waals surface area contributed by atoms with E-state index in [-0.39, 0.29) is 0 Å². The van der Waals surface area contributed by atoms with Crippen molar-refractivity contribution in [1.82, 2.24) is 14.5 Å². The number of hydrogen-bond acceptors (Lipinski definition) is 2. The summed E-state index contributed by atoms with van der Waals surface area (Å²) < 4.78 is 1.74. The first-order chi connectivity index (χ1) is 5.47. The average Bonchev–Trinajstić information content (AvgIpc) is 2.58. The Morgan fingerprint density at radius 3 is 2.91 bits per heavy atom. The maximum atomic E-state index is 4.11. The van der Waals surface area contributed by atoms with Crippen molar-refractivity contribution in [2.75, 3.05) is 0 Å². The molecular formula is C8H6N3. The van der Waals surface area contributed by atoms with E-state index in [9.17, 15) is 0 Å². The largest absolute Gasteiger partial charge is 0.281 e. The van der Waals surface area contributed by atoms with Gasteiger partial charge < -0.3 is 0 Å². The van der Waals surface area contributed by atoms with Crippen LogP contribution in [0.2, 0.25) is 0 Å². The van der Waals surface area contributed by atoms with E-state index in [1.54, 1.807) is 17.0 Å². The van der Waals surface area contributed by atoms with Gasteiger partial charge in [0.2, 0.25) is 0 Å². The maximum absolute atomic E-state index is 4.11. The van der Waals surface area contributed by atoms with Crippen molar-refractivity contribution in [2.45, 2.75) is 0 Å². The van der Waals surface area contributed by atoms with E-state index in [0.29, 0.717) is 0 Å². The van der Waals surface area contributed by atoms with E-state index >= 15 is 0 Å². The minimum absolute atomic E-state index is 0.838. The van der Waals surface area contributed by atoms with Crippen LogP contribution >= 0.6 is 0 Å². The number of hydrogen-bond donors (Lipinski definition) is 0. The van der Waals surface area contributed by atoms with Crippen LogP contribution in [0.15, 0.2) is 36.8 Å². The predicted octanol–water partition coefficient (Wildman–Crippen LogP) is 1.07. The molecule has 0 bridgehead atoms. The fourth-order valence-electron chi connectivity index (χ4n) is 0.853. The van der Waals surface area contributed by atoms with Crippen LogP contribution in [0.1, 0.15) is 0 Å². The summed E-state index contributed by atoms with van der Waals surface area (Å²) in [5.74, 6) is 0.838. The summed E-state index contributed by atoms with van der Waals surface area (Å²) in [4.78, 5) is 7.91. The normalized spacial score (nSPS) is 9.82. The van der Waals surface area contributed by atoms with Crippen molar-refractivity contribution >= 4 is 0 Å². The van der Waals surface area contributed by atoms with Crippen LogP contribution in [0.4, 0.5) is 0 Å². The molecule has 0 saturated carbocycles. The van der Waals surface area contributed by atoms with E-state index in [1.165, 1.54) is 0 Å². The molecule has 0 fully saturated rings. The Morgan fingerprint density at radius 2 is 2.27 bits per heavy atom. The van der Waals surface area contributed by atoms with Crippen LogP contribution in [-0.2, 0) is 0 Å². The second-order valence-electron chi connectivity index (χ2n) is 2.09. The van der Waals surface area contributed by atoms with Gasteiger partial charge in [0, 0.05) is 18.6 Å². The van der Waals surface area contributed by atoms with Crippen LogP contribution in [0.25, 0.3) is 5.82 Å². The molecule has 0 N–H and O–H groups in total. The lowest BCUT2D eigenvalue weighted by Crippen LogP contribution is -1.92. The first-order valence-corrected chi connectivity index (χ1v) is 3.29. The Balaban J connectivity index is 2.46. The predicted molar refractivity (Wildman–Crippen MR) is 40.2 cm³/mol. The highest BCUT2D eigenvalue weighted by molar-refractivity contribution is 5.20. The molecule has 0 aliphatic carbocycles. The van der Waals surface area contributed by atoms with Crippen molar-refractivity contribution in [3.63, 3.8) is 0 Å². The first-order valence-electron chi connectivity index (χ1n) is 3.29. The van der Waals surface area contributed by atoms with Crippen LogP contribution in [0, 0.1) is 6.33 Å². The topological polar surface area (TPSA) is 30.7 Å². The van der Waals surface area contributed by atoms with E-state index in [2.05, 4.69) is 16.3 Å². The molecular weight excluding hydrogens is 138 g/mol. The lowest BCUT2D eigenvalue weighted by atomic mass is 10.5. The van der Waals surface area contributed by atoms with Crippen LogP contribution in [0.5, 0.6) is 0 Å². The molecule has 53 valence electrons. The quantitative estimate of drug-likeness (QED) is 0.599. The summed E-state index contributed by atoms with van der Waals surface area (Å²) in [7, 11) is 0. The third kappa shape index (κ3) is 1.12. The van der Waals surface area contributed by atoms with Crippen molar-refractivity contribution in [3.8, 4) is 5.82 Å². The van der Waals surface area contributed by atoms with Gasteiger partial charge in [-0.15, -0.1) is 0 Å². The number of rotatable bonds is 1. The number of imidazole rings is 1. The third-order valence-electron chi connectivity index (χ3n) is 1.35. The van der Waals surface area contributed by atoms with Gasteiger partial charge in [0.25, 0.3) is 0 Å². The molecule has 0 amide bonds. The minimum atomic E-state index is 0.838. The van der Waals surface area contributed by atoms with E-state index in [0.717, 1.165) is 5.82 Å². The summed E-state index contributed by atoms with van der Waals surface area (Å²) in [5.41, 5.74) is 0. The first kappa shape index (κ1) is 6.09. The molecule has 11 heavy (non-hydrogen) atoms. The SMILES string of the molecule is [c]1nccn1-c1ccccn1. The smallest absolute Gasteiger partial charge is 0.182 e. The van der Waals surface area contributed by atoms with E-state index < -0.39 is 0 Å². The van der Waals surface area contributed by atoms with Gasteiger partial charge in [0.1, 0.15) is 5.82 Å². The molecule has 0 aliphatic rings. The number of aromatic nitrogens is 3. The fraction of sp³-hybridized carbons (Fsp3) is 0. The number of nitrogens with zero attached hydrogens (tertiary/aromatic N) is 3. The van der Waals surface area contributed by atoms with E-state index in [1.807, 2.05) is 24.4 Å². The molecule has 0 aliphatic heterocycles. The summed E-state index contributed by atoms with van der Waals surface area (Å²) in [6.07, 6.45) is 7.98. The lowest BCUT2D eigenvalue weighted by Gasteiger charge is -1.96. The van der Waals surface area contributed by atoms with Gasteiger partial charge in [-0.2, -0.15) is 0 Å². The van der Waals surface area contributed by atoms with Gasteiger partial charge in [0.05, 0.1) is 0 Å². The van der Waals surface area contributed by atoms with Gasteiger partial charge >= 0.3 is 0 Å². The minimum Gasteiger partial charge on any atom is -0.281 e. The van der Waals surface area contributed by atoms with Crippen molar-refractivity contribution in [2.24, 2.45) is 0 Å². The summed E-state index contributed by atoms with van der Waals surface area (Å²) in [6, 6.07) is 5.70. The zero-order valence-electron chi connectivity index (χ0n) is 5.81. The molecule has 3 nitrogen and oxygen atoms in total. The molecule has 0 saturated heterocycles. The van der Waals surface area contributed by atoms with Gasteiger partial charge in [-0.05, 0) is 12.1 Å². The highest BCUT2D eigenvalue weighted by atomic mass is 15.1. The third-order valence-corrected chi connectivity index (χ3v) is 1.35. The monoisotopic (exact) mass is 144 g/mol. The molecule has 2 rings (SSSR count). The van der Waals surface area contributed by atoms with Gasteiger partial charge in [-0.3, -0.25) is 4.57 Å². The van der Waals surface area contributed by atoms with Crippen LogP contribution in [0.3, 0.4) is 0 Å². The van der Waals surface area contributed by atoms with Crippen molar-refractivity contribution < 1.29 is 0 Å². The van der Waals surface area contributed by atoms with Crippen LogP contribution in [-0.4, -0.2) is 14.5 Å². The molecule has 2 aromatic heterocycles. The average molecular weight is 144 g/mol. The molecule has 1 radical (unpaired) electrons. The zero-order chi connectivity index (χ0) is 7.52. The lowest BCUT2D eigenvalue weighted by molar-refractivity contribution is 0.983. The maximum Gasteiger partial charge on any atom is 0.182 e. The second-order valence-corrected chi connectivity index (χ2v) is 2.09. The highest BCUT2D eigenvalue weighted by Gasteiger charge is 1.92. The fourth-order valence-corrected chi connectivity index (χ4v) is 0.853. The van der Waals surface area contributed by atoms with Crippen LogP contribution < -0.4 is 0 Å². The molecule has 0 atom stereocenters. The Morgan fingerprint density at radius 1 is 1.27 bits per heavy atom. The summed E-state index contributed by atoms with van der Waals surface area (Å²) in [6.45, 7) is 0. The Labute approximate surface area is 64.3 Å². The Kier molecular flexibility index (Phi) is 1.41. The zero-order valence-corrected chi connectivity index (χ0v) is 5.81. The van der Waals surface area contributed by atoms with Gasteiger partial charge in [0.15, 0.2) is 6.33 Å². The van der Waals surface area contributed by atoms with E-state index in [4.69, 9.17) is 0 Å². The molecule has 0 spiro atoms. The van der Waals surface area contributed by atoms with Gasteiger partial charge in [-0.25, -0.2) is 9.97 Å². The van der Waals surface area contributed by atoms with Crippen molar-refractivity contribution in [3.05, 3.63) is 43.1 Å². The molecule has 0 aromatic carbocycles. The number of pyridine rings is 1. The standard InChI is InChI=1S/C8H6N3/c1-2-4-10-8(3-1)11-6-5-9-7-11/h1-6H. The highest BCUT2D eigenvalue weighted by Crippen LogP contribution is 1.99.